The summed E-state index contributed by atoms with van der Waals surface area (Å²) in [6, 6.07) is 13.4. The summed E-state index contributed by atoms with van der Waals surface area (Å²) >= 11 is 1.64. The van der Waals surface area contributed by atoms with Crippen LogP contribution in [-0.4, -0.2) is 30.3 Å². The minimum atomic E-state index is -0.287. The molecule has 2 aromatic rings. The molecule has 1 aliphatic rings. The van der Waals surface area contributed by atoms with Crippen LogP contribution in [0.5, 0.6) is 5.75 Å². The third-order valence-electron chi connectivity index (χ3n) is 3.63. The number of methoxy groups -OCH3 is 1. The zero-order valence-corrected chi connectivity index (χ0v) is 13.5. The summed E-state index contributed by atoms with van der Waals surface area (Å²) in [5.41, 5.74) is 1.50. The van der Waals surface area contributed by atoms with Crippen LogP contribution in [0.2, 0.25) is 0 Å². The van der Waals surface area contributed by atoms with Crippen molar-refractivity contribution in [1.82, 2.24) is 4.90 Å². The fourth-order valence-electron chi connectivity index (χ4n) is 2.48. The Labute approximate surface area is 138 Å². The molecular formula is C17H17FN2O2S. The molecule has 0 aromatic heterocycles. The molecule has 6 heteroatoms. The lowest BCUT2D eigenvalue weighted by atomic mass is 10.2. The maximum Gasteiger partial charge on any atom is 0.323 e. The number of anilines is 1. The monoisotopic (exact) mass is 332 g/mol. The van der Waals surface area contributed by atoms with Crippen LogP contribution in [-0.2, 0) is 0 Å². The highest BCUT2D eigenvalue weighted by atomic mass is 32.2. The second-order valence-electron chi connectivity index (χ2n) is 5.13. The molecule has 3 rings (SSSR count). The number of ether oxygens (including phenoxy) is 1. The maximum absolute atomic E-state index is 13.4. The third kappa shape index (κ3) is 3.59. The molecule has 1 fully saturated rings. The first-order valence-electron chi connectivity index (χ1n) is 7.26. The first kappa shape index (κ1) is 15.7. The fraction of sp³-hybridized carbons (Fsp3) is 0.235. The lowest BCUT2D eigenvalue weighted by Gasteiger charge is -2.24. The second kappa shape index (κ2) is 6.91. The SMILES string of the molecule is COc1ccc(NC(=O)N2CCS[C@@H]2c2cccc(F)c2)cc1. The Kier molecular flexibility index (Phi) is 4.71. The molecule has 0 bridgehead atoms. The number of benzene rings is 2. The highest BCUT2D eigenvalue weighted by Gasteiger charge is 2.30. The first-order valence-corrected chi connectivity index (χ1v) is 8.31. The third-order valence-corrected chi connectivity index (χ3v) is 4.89. The second-order valence-corrected chi connectivity index (χ2v) is 6.32. The average Bonchev–Trinajstić information content (AvgIpc) is 3.05. The van der Waals surface area contributed by atoms with Gasteiger partial charge in [0.2, 0.25) is 0 Å². The molecule has 120 valence electrons. The van der Waals surface area contributed by atoms with Crippen LogP contribution >= 0.6 is 11.8 Å². The molecule has 0 aliphatic carbocycles. The number of hydrogen-bond acceptors (Lipinski definition) is 3. The lowest BCUT2D eigenvalue weighted by molar-refractivity contribution is 0.214. The van der Waals surface area contributed by atoms with Gasteiger partial charge in [0.25, 0.3) is 0 Å². The standard InChI is InChI=1S/C17H17FN2O2S/c1-22-15-7-5-14(6-8-15)19-17(21)20-9-10-23-16(20)12-3-2-4-13(18)11-12/h2-8,11,16H,9-10H2,1H3,(H,19,21)/t16-/m1/s1. The van der Waals surface area contributed by atoms with Crippen LogP contribution in [0.4, 0.5) is 14.9 Å². The van der Waals surface area contributed by atoms with Crippen molar-refractivity contribution >= 4 is 23.5 Å². The summed E-state index contributed by atoms with van der Waals surface area (Å²) in [6.07, 6.45) is 0. The highest BCUT2D eigenvalue weighted by Crippen LogP contribution is 2.38. The summed E-state index contributed by atoms with van der Waals surface area (Å²) < 4.78 is 18.5. The molecule has 2 aromatic carbocycles. The van der Waals surface area contributed by atoms with E-state index in [4.69, 9.17) is 4.74 Å². The van der Waals surface area contributed by atoms with Gasteiger partial charge in [0.05, 0.1) is 7.11 Å². The molecule has 0 unspecified atom stereocenters. The molecule has 0 saturated carbocycles. The number of nitrogens with zero attached hydrogens (tertiary/aromatic N) is 1. The molecule has 23 heavy (non-hydrogen) atoms. The molecule has 1 saturated heterocycles. The number of nitrogens with one attached hydrogen (secondary N) is 1. The van der Waals surface area contributed by atoms with Crippen molar-refractivity contribution in [2.45, 2.75) is 5.37 Å². The van der Waals surface area contributed by atoms with Gasteiger partial charge >= 0.3 is 6.03 Å². The van der Waals surface area contributed by atoms with E-state index >= 15 is 0 Å². The summed E-state index contributed by atoms with van der Waals surface area (Å²) in [5.74, 6) is 1.28. The first-order chi connectivity index (χ1) is 11.2. The zero-order chi connectivity index (χ0) is 16.2. The van der Waals surface area contributed by atoms with Crippen molar-refractivity contribution in [3.05, 3.63) is 59.9 Å². The van der Waals surface area contributed by atoms with E-state index in [1.165, 1.54) is 12.1 Å². The molecule has 4 nitrogen and oxygen atoms in total. The van der Waals surface area contributed by atoms with Gasteiger partial charge in [-0.25, -0.2) is 9.18 Å². The molecule has 0 radical (unpaired) electrons. The lowest BCUT2D eigenvalue weighted by Crippen LogP contribution is -2.34. The van der Waals surface area contributed by atoms with Gasteiger partial charge in [-0.3, -0.25) is 0 Å². The van der Waals surface area contributed by atoms with E-state index in [9.17, 15) is 9.18 Å². The number of rotatable bonds is 3. The van der Waals surface area contributed by atoms with Crippen molar-refractivity contribution in [3.63, 3.8) is 0 Å². The Morgan fingerprint density at radius 3 is 2.78 bits per heavy atom. The van der Waals surface area contributed by atoms with Gasteiger partial charge in [-0.2, -0.15) is 0 Å². The van der Waals surface area contributed by atoms with E-state index in [0.717, 1.165) is 17.1 Å². The van der Waals surface area contributed by atoms with Crippen molar-refractivity contribution in [3.8, 4) is 5.75 Å². The van der Waals surface area contributed by atoms with Crippen LogP contribution < -0.4 is 10.1 Å². The Morgan fingerprint density at radius 2 is 2.09 bits per heavy atom. The molecule has 1 aliphatic heterocycles. The van der Waals surface area contributed by atoms with Gasteiger partial charge < -0.3 is 15.0 Å². The van der Waals surface area contributed by atoms with E-state index in [1.807, 2.05) is 6.07 Å². The number of amides is 2. The number of carbonyl (C=O) groups is 1. The largest absolute Gasteiger partial charge is 0.497 e. The van der Waals surface area contributed by atoms with E-state index in [2.05, 4.69) is 5.32 Å². The number of halogens is 1. The van der Waals surface area contributed by atoms with E-state index < -0.39 is 0 Å². The quantitative estimate of drug-likeness (QED) is 0.919. The molecule has 2 amide bonds. The maximum atomic E-state index is 13.4. The number of urea groups is 1. The molecule has 0 spiro atoms. The van der Waals surface area contributed by atoms with Crippen LogP contribution in [0.3, 0.4) is 0 Å². The van der Waals surface area contributed by atoms with Crippen molar-refractivity contribution in [1.29, 1.82) is 0 Å². The minimum absolute atomic E-state index is 0.163. The molecule has 1 atom stereocenters. The van der Waals surface area contributed by atoms with Crippen LogP contribution in [0, 0.1) is 5.82 Å². The van der Waals surface area contributed by atoms with Crippen LogP contribution in [0.15, 0.2) is 48.5 Å². The van der Waals surface area contributed by atoms with Gasteiger partial charge in [-0.15, -0.1) is 11.8 Å². The molecule has 1 N–H and O–H groups in total. The van der Waals surface area contributed by atoms with Gasteiger partial charge in [0, 0.05) is 18.0 Å². The van der Waals surface area contributed by atoms with Crippen molar-refractivity contribution < 1.29 is 13.9 Å². The van der Waals surface area contributed by atoms with Crippen molar-refractivity contribution in [2.24, 2.45) is 0 Å². The summed E-state index contributed by atoms with van der Waals surface area (Å²) in [4.78, 5) is 14.2. The van der Waals surface area contributed by atoms with Crippen LogP contribution in [0.1, 0.15) is 10.9 Å². The van der Waals surface area contributed by atoms with Gasteiger partial charge in [-0.05, 0) is 42.0 Å². The smallest absolute Gasteiger partial charge is 0.323 e. The predicted molar refractivity (Wildman–Crippen MR) is 90.3 cm³/mol. The predicted octanol–water partition coefficient (Wildman–Crippen LogP) is 4.11. The summed E-state index contributed by atoms with van der Waals surface area (Å²) in [6.45, 7) is 0.633. The zero-order valence-electron chi connectivity index (χ0n) is 12.7. The Balaban J connectivity index is 1.72. The van der Waals surface area contributed by atoms with E-state index in [0.29, 0.717) is 12.2 Å². The number of hydrogen-bond donors (Lipinski definition) is 1. The van der Waals surface area contributed by atoms with Gasteiger partial charge in [0.15, 0.2) is 0 Å². The van der Waals surface area contributed by atoms with E-state index in [1.54, 1.807) is 54.1 Å². The Hall–Kier alpha value is -2.21. The fourth-order valence-corrected chi connectivity index (χ4v) is 3.73. The normalized spacial score (nSPS) is 17.1. The number of carbonyl (C=O) groups excluding carboxylic acids is 1. The topological polar surface area (TPSA) is 41.6 Å². The summed E-state index contributed by atoms with van der Waals surface area (Å²) in [5, 5.41) is 2.71. The Morgan fingerprint density at radius 1 is 1.30 bits per heavy atom. The average molecular weight is 332 g/mol. The summed E-state index contributed by atoms with van der Waals surface area (Å²) in [7, 11) is 1.60. The minimum Gasteiger partial charge on any atom is -0.497 e. The van der Waals surface area contributed by atoms with Gasteiger partial charge in [-0.1, -0.05) is 12.1 Å². The Bertz CT molecular complexity index is 693. The highest BCUT2D eigenvalue weighted by molar-refractivity contribution is 7.99. The number of thioether (sulfide) groups is 1. The van der Waals surface area contributed by atoms with Crippen molar-refractivity contribution in [2.75, 3.05) is 24.7 Å². The molecular weight excluding hydrogens is 315 g/mol. The van der Waals surface area contributed by atoms with Gasteiger partial charge in [0.1, 0.15) is 16.9 Å². The molecule has 1 heterocycles. The van der Waals surface area contributed by atoms with Crippen LogP contribution in [0.25, 0.3) is 0 Å². The van der Waals surface area contributed by atoms with E-state index in [-0.39, 0.29) is 17.2 Å².